The number of rotatable bonds is 0. The largest absolute Gasteiger partial charge is 0.201 e. The molecule has 4 heteroatoms. The molecule has 0 radical (unpaired) electrons. The van der Waals surface area contributed by atoms with E-state index in [0.29, 0.717) is 0 Å². The van der Waals surface area contributed by atoms with E-state index in [2.05, 4.69) is 34.9 Å². The van der Waals surface area contributed by atoms with E-state index in [1.807, 2.05) is 27.0 Å². The van der Waals surface area contributed by atoms with Crippen LogP contribution in [0.3, 0.4) is 0 Å². The fourth-order valence-electron chi connectivity index (χ4n) is 0.689. The Morgan fingerprint density at radius 2 is 1.62 bits per heavy atom. The van der Waals surface area contributed by atoms with Crippen molar-refractivity contribution in [3.8, 4) is 0 Å². The molecule has 0 unspecified atom stereocenters. The van der Waals surface area contributed by atoms with Crippen LogP contribution in [0.15, 0.2) is 11.6 Å². The highest BCUT2D eigenvalue weighted by Crippen LogP contribution is 2.08. The van der Waals surface area contributed by atoms with Crippen LogP contribution in [0.1, 0.15) is 35.5 Å². The first-order chi connectivity index (χ1) is 7.61. The van der Waals surface area contributed by atoms with Crippen molar-refractivity contribution in [3.63, 3.8) is 0 Å². The van der Waals surface area contributed by atoms with Crippen LogP contribution < -0.4 is 0 Å². The molecule has 0 aliphatic carbocycles. The van der Waals surface area contributed by atoms with Crippen molar-refractivity contribution in [2.24, 2.45) is 0 Å². The van der Waals surface area contributed by atoms with Crippen molar-refractivity contribution < 1.29 is 0 Å². The van der Waals surface area contributed by atoms with E-state index in [9.17, 15) is 0 Å². The minimum Gasteiger partial charge on any atom is -0.201 e. The van der Waals surface area contributed by atoms with Crippen LogP contribution in [-0.4, -0.2) is 8.75 Å². The van der Waals surface area contributed by atoms with Crippen molar-refractivity contribution in [3.05, 3.63) is 33.3 Å². The Labute approximate surface area is 107 Å². The quantitative estimate of drug-likeness (QED) is 0.691. The molecule has 0 saturated heterocycles. The van der Waals surface area contributed by atoms with Gasteiger partial charge in [0.1, 0.15) is 0 Å². The zero-order valence-corrected chi connectivity index (χ0v) is 12.5. The minimum atomic E-state index is 1.16. The summed E-state index contributed by atoms with van der Waals surface area (Å²) in [6, 6.07) is 0. The third kappa shape index (κ3) is 5.37. The zero-order chi connectivity index (χ0) is 12.6. The fourth-order valence-corrected chi connectivity index (χ4v) is 1.94. The standard InChI is InChI=1S/2C5H7NS.C2H6/c1-4-3-7-6-5(4)2;1-4-3-6-7-5(4)2;1-2/h2*3H,1-2H3;1-2H3. The van der Waals surface area contributed by atoms with Gasteiger partial charge in [-0.3, -0.25) is 0 Å². The van der Waals surface area contributed by atoms with Gasteiger partial charge in [0.05, 0.1) is 5.69 Å². The van der Waals surface area contributed by atoms with Gasteiger partial charge in [0.15, 0.2) is 0 Å². The third-order valence-electron chi connectivity index (χ3n) is 1.98. The smallest absolute Gasteiger partial charge is 0.0540 e. The molecule has 0 atom stereocenters. The average molecular weight is 256 g/mol. The average Bonchev–Trinajstić information content (AvgIpc) is 2.83. The van der Waals surface area contributed by atoms with Gasteiger partial charge >= 0.3 is 0 Å². The zero-order valence-electron chi connectivity index (χ0n) is 10.9. The topological polar surface area (TPSA) is 25.8 Å². The van der Waals surface area contributed by atoms with Crippen LogP contribution in [0.5, 0.6) is 0 Å². The molecule has 0 fully saturated rings. The summed E-state index contributed by atoms with van der Waals surface area (Å²) >= 11 is 3.07. The fraction of sp³-hybridized carbons (Fsp3) is 0.500. The lowest BCUT2D eigenvalue weighted by Gasteiger charge is -1.77. The molecule has 2 rings (SSSR count). The molecule has 2 aromatic rings. The van der Waals surface area contributed by atoms with E-state index >= 15 is 0 Å². The molecule has 0 aromatic carbocycles. The van der Waals surface area contributed by atoms with Crippen molar-refractivity contribution in [1.29, 1.82) is 0 Å². The van der Waals surface area contributed by atoms with Gasteiger partial charge < -0.3 is 0 Å². The van der Waals surface area contributed by atoms with E-state index in [4.69, 9.17) is 0 Å². The Balaban J connectivity index is 0.000000244. The molecule has 0 spiro atoms. The summed E-state index contributed by atoms with van der Waals surface area (Å²) in [5, 5.41) is 2.05. The Hall–Kier alpha value is -0.740. The lowest BCUT2D eigenvalue weighted by Crippen LogP contribution is -1.68. The third-order valence-corrected chi connectivity index (χ3v) is 3.63. The predicted octanol–water partition coefficient (Wildman–Crippen LogP) is 4.55. The van der Waals surface area contributed by atoms with E-state index in [-0.39, 0.29) is 0 Å². The molecule has 0 aliphatic heterocycles. The van der Waals surface area contributed by atoms with Gasteiger partial charge in [-0.15, -0.1) is 0 Å². The second-order valence-electron chi connectivity index (χ2n) is 3.15. The van der Waals surface area contributed by atoms with E-state index in [0.717, 1.165) is 5.69 Å². The van der Waals surface area contributed by atoms with Crippen molar-refractivity contribution >= 4 is 23.1 Å². The van der Waals surface area contributed by atoms with Gasteiger partial charge in [0.2, 0.25) is 0 Å². The molecule has 0 N–H and O–H groups in total. The van der Waals surface area contributed by atoms with Crippen LogP contribution in [-0.2, 0) is 0 Å². The van der Waals surface area contributed by atoms with E-state index in [1.165, 1.54) is 27.5 Å². The van der Waals surface area contributed by atoms with Crippen LogP contribution >= 0.6 is 23.1 Å². The minimum absolute atomic E-state index is 1.16. The van der Waals surface area contributed by atoms with Crippen LogP contribution in [0.2, 0.25) is 0 Å². The molecule has 2 nitrogen and oxygen atoms in total. The highest BCUT2D eigenvalue weighted by atomic mass is 32.1. The molecule has 2 heterocycles. The van der Waals surface area contributed by atoms with Gasteiger partial charge in [0.25, 0.3) is 0 Å². The van der Waals surface area contributed by atoms with Gasteiger partial charge in [-0.05, 0) is 61.9 Å². The first kappa shape index (κ1) is 15.3. The number of nitrogens with zero attached hydrogens (tertiary/aromatic N) is 2. The number of hydrogen-bond acceptors (Lipinski definition) is 4. The van der Waals surface area contributed by atoms with Crippen LogP contribution in [0.4, 0.5) is 0 Å². The molecule has 0 bridgehead atoms. The van der Waals surface area contributed by atoms with Crippen molar-refractivity contribution in [2.75, 3.05) is 0 Å². The van der Waals surface area contributed by atoms with Gasteiger partial charge in [-0.25, -0.2) is 4.37 Å². The first-order valence-electron chi connectivity index (χ1n) is 5.36. The molecular weight excluding hydrogens is 236 g/mol. The maximum Gasteiger partial charge on any atom is 0.0540 e. The van der Waals surface area contributed by atoms with Crippen molar-refractivity contribution in [1.82, 2.24) is 8.75 Å². The monoisotopic (exact) mass is 256 g/mol. The Morgan fingerprint density at radius 1 is 1.00 bits per heavy atom. The molecular formula is C12H20N2S2. The molecule has 0 saturated carbocycles. The number of aryl methyl sites for hydroxylation is 4. The van der Waals surface area contributed by atoms with Crippen molar-refractivity contribution in [2.45, 2.75) is 41.5 Å². The van der Waals surface area contributed by atoms with E-state index in [1.54, 1.807) is 11.5 Å². The van der Waals surface area contributed by atoms with Crippen LogP contribution in [0.25, 0.3) is 0 Å². The maximum absolute atomic E-state index is 4.06. The lowest BCUT2D eigenvalue weighted by molar-refractivity contribution is 1.28. The maximum atomic E-state index is 4.06. The van der Waals surface area contributed by atoms with Gasteiger partial charge in [0, 0.05) is 16.5 Å². The normalized spacial score (nSPS) is 8.62. The Kier molecular flexibility index (Phi) is 8.03. The Bertz CT molecular complexity index is 320. The first-order valence-corrected chi connectivity index (χ1v) is 6.97. The summed E-state index contributed by atoms with van der Waals surface area (Å²) in [5.74, 6) is 0. The second kappa shape index (κ2) is 8.42. The second-order valence-corrected chi connectivity index (χ2v) is 4.78. The summed E-state index contributed by atoms with van der Waals surface area (Å²) in [7, 11) is 0. The summed E-state index contributed by atoms with van der Waals surface area (Å²) in [6.45, 7) is 12.2. The SMILES string of the molecule is CC.Cc1cnsc1C.Cc1csnc1C. The number of hydrogen-bond donors (Lipinski definition) is 0. The highest BCUT2D eigenvalue weighted by Gasteiger charge is 1.89. The molecule has 16 heavy (non-hydrogen) atoms. The van der Waals surface area contributed by atoms with Gasteiger partial charge in [-0.2, -0.15) is 4.37 Å². The van der Waals surface area contributed by atoms with E-state index < -0.39 is 0 Å². The summed E-state index contributed by atoms with van der Waals surface area (Å²) in [5.41, 5.74) is 3.75. The summed E-state index contributed by atoms with van der Waals surface area (Å²) in [6.07, 6.45) is 1.89. The molecule has 0 aliphatic rings. The highest BCUT2D eigenvalue weighted by molar-refractivity contribution is 7.05. The molecule has 2 aromatic heterocycles. The number of aromatic nitrogens is 2. The van der Waals surface area contributed by atoms with Crippen LogP contribution in [0, 0.1) is 27.7 Å². The predicted molar refractivity (Wildman–Crippen MR) is 74.5 cm³/mol. The Morgan fingerprint density at radius 3 is 1.75 bits per heavy atom. The lowest BCUT2D eigenvalue weighted by atomic mass is 10.3. The summed E-state index contributed by atoms with van der Waals surface area (Å²) < 4.78 is 8.02. The molecule has 0 amide bonds. The van der Waals surface area contributed by atoms with Gasteiger partial charge in [-0.1, -0.05) is 13.8 Å². The summed E-state index contributed by atoms with van der Waals surface area (Å²) in [4.78, 5) is 1.32. The molecule has 90 valence electrons.